The van der Waals surface area contributed by atoms with E-state index in [1.54, 1.807) is 20.8 Å². The van der Waals surface area contributed by atoms with Crippen LogP contribution in [0.5, 0.6) is 0 Å². The first kappa shape index (κ1) is 16.9. The van der Waals surface area contributed by atoms with Gasteiger partial charge in [0.25, 0.3) is 0 Å². The van der Waals surface area contributed by atoms with Gasteiger partial charge in [-0.05, 0) is 33.1 Å². The molecule has 4 N–H and O–H groups in total. The van der Waals surface area contributed by atoms with Crippen LogP contribution in [0, 0.1) is 17.3 Å². The Balaban J connectivity index is 4.49. The molecule has 0 aromatic heterocycles. The topological polar surface area (TPSA) is 92.4 Å². The van der Waals surface area contributed by atoms with E-state index in [2.05, 4.69) is 5.32 Å². The molecule has 0 aromatic rings. The molecule has 0 aliphatic heterocycles. The molecule has 0 aromatic carbocycles. The maximum Gasteiger partial charge on any atom is 0.224 e. The minimum absolute atomic E-state index is 0.135. The lowest BCUT2D eigenvalue weighted by molar-refractivity contribution is -0.129. The first-order chi connectivity index (χ1) is 8.08. The van der Waals surface area contributed by atoms with E-state index in [0.717, 1.165) is 0 Å². The van der Waals surface area contributed by atoms with Crippen molar-refractivity contribution in [2.75, 3.05) is 6.54 Å². The number of primary amides is 1. The van der Waals surface area contributed by atoms with Crippen LogP contribution in [-0.4, -0.2) is 29.6 Å². The number of rotatable bonds is 7. The largest absolute Gasteiger partial charge is 0.393 e. The highest BCUT2D eigenvalue weighted by Crippen LogP contribution is 2.19. The molecule has 0 bridgehead atoms. The molecule has 18 heavy (non-hydrogen) atoms. The Bertz CT molecular complexity index is 299. The lowest BCUT2D eigenvalue weighted by atomic mass is 9.88. The average Bonchev–Trinajstić information content (AvgIpc) is 2.21. The summed E-state index contributed by atoms with van der Waals surface area (Å²) >= 11 is 0. The molecule has 0 fully saturated rings. The molecule has 0 radical (unpaired) electrons. The van der Waals surface area contributed by atoms with Gasteiger partial charge in [-0.2, -0.15) is 0 Å². The van der Waals surface area contributed by atoms with Crippen molar-refractivity contribution in [3.05, 3.63) is 0 Å². The molecule has 0 rings (SSSR count). The maximum absolute atomic E-state index is 12.0. The molecular formula is C13H26N2O3. The second-order valence-electron chi connectivity index (χ2n) is 5.90. The van der Waals surface area contributed by atoms with Gasteiger partial charge in [0.05, 0.1) is 11.5 Å². The monoisotopic (exact) mass is 258 g/mol. The molecule has 2 amide bonds. The van der Waals surface area contributed by atoms with E-state index >= 15 is 0 Å². The van der Waals surface area contributed by atoms with Crippen LogP contribution in [0.2, 0.25) is 0 Å². The van der Waals surface area contributed by atoms with E-state index in [4.69, 9.17) is 5.73 Å². The Kier molecular flexibility index (Phi) is 6.32. The molecule has 2 atom stereocenters. The zero-order valence-corrected chi connectivity index (χ0v) is 12.0. The Labute approximate surface area is 109 Å². The van der Waals surface area contributed by atoms with Crippen LogP contribution < -0.4 is 11.1 Å². The fourth-order valence-electron chi connectivity index (χ4n) is 1.58. The predicted octanol–water partition coefficient (Wildman–Crippen LogP) is 0.657. The number of nitrogens with two attached hydrogens (primary N) is 1. The van der Waals surface area contributed by atoms with Crippen molar-refractivity contribution in [2.24, 2.45) is 23.0 Å². The van der Waals surface area contributed by atoms with Gasteiger partial charge in [-0.15, -0.1) is 0 Å². The summed E-state index contributed by atoms with van der Waals surface area (Å²) in [4.78, 5) is 23.2. The van der Waals surface area contributed by atoms with Crippen LogP contribution in [-0.2, 0) is 9.59 Å². The van der Waals surface area contributed by atoms with E-state index in [9.17, 15) is 14.7 Å². The Morgan fingerprint density at radius 3 is 2.11 bits per heavy atom. The third-order valence-electron chi connectivity index (χ3n) is 3.11. The van der Waals surface area contributed by atoms with Gasteiger partial charge in [-0.3, -0.25) is 9.59 Å². The number of carbonyl (C=O) groups excluding carboxylic acids is 2. The second-order valence-corrected chi connectivity index (χ2v) is 5.90. The molecule has 0 heterocycles. The van der Waals surface area contributed by atoms with Gasteiger partial charge in [-0.25, -0.2) is 0 Å². The van der Waals surface area contributed by atoms with E-state index in [1.165, 1.54) is 0 Å². The zero-order chi connectivity index (χ0) is 14.5. The minimum atomic E-state index is -0.762. The normalized spacial score (nSPS) is 15.3. The summed E-state index contributed by atoms with van der Waals surface area (Å²) in [5.74, 6) is -0.704. The first-order valence-corrected chi connectivity index (χ1v) is 6.33. The number of aliphatic hydroxyl groups is 1. The van der Waals surface area contributed by atoms with E-state index in [0.29, 0.717) is 6.42 Å². The van der Waals surface area contributed by atoms with Gasteiger partial charge in [-0.1, -0.05) is 13.8 Å². The smallest absolute Gasteiger partial charge is 0.224 e. The van der Waals surface area contributed by atoms with Crippen LogP contribution in [0.1, 0.15) is 41.0 Å². The number of nitrogens with one attached hydrogen (secondary N) is 1. The summed E-state index contributed by atoms with van der Waals surface area (Å²) in [6.07, 6.45) is -0.104. The molecule has 0 aliphatic carbocycles. The Morgan fingerprint density at radius 2 is 1.78 bits per heavy atom. The molecule has 2 unspecified atom stereocenters. The van der Waals surface area contributed by atoms with Crippen LogP contribution in [0.15, 0.2) is 0 Å². The van der Waals surface area contributed by atoms with Crippen LogP contribution in [0.25, 0.3) is 0 Å². The Hall–Kier alpha value is -1.10. The average molecular weight is 258 g/mol. The van der Waals surface area contributed by atoms with Crippen molar-refractivity contribution < 1.29 is 14.7 Å². The number of aliphatic hydroxyl groups excluding tert-OH is 1. The van der Waals surface area contributed by atoms with Crippen molar-refractivity contribution in [2.45, 2.75) is 47.1 Å². The molecule has 0 saturated carbocycles. The summed E-state index contributed by atoms with van der Waals surface area (Å²) in [7, 11) is 0. The van der Waals surface area contributed by atoms with Gasteiger partial charge in [0.1, 0.15) is 0 Å². The van der Waals surface area contributed by atoms with Crippen molar-refractivity contribution in [1.82, 2.24) is 5.32 Å². The van der Waals surface area contributed by atoms with Gasteiger partial charge in [0.2, 0.25) is 11.8 Å². The highest BCUT2D eigenvalue weighted by molar-refractivity contribution is 5.82. The molecule has 0 aliphatic rings. The number of hydrogen-bond donors (Lipinski definition) is 3. The highest BCUT2D eigenvalue weighted by atomic mass is 16.3. The molecule has 5 heteroatoms. The van der Waals surface area contributed by atoms with Crippen LogP contribution in [0.3, 0.4) is 0 Å². The minimum Gasteiger partial charge on any atom is -0.393 e. The third-order valence-corrected chi connectivity index (χ3v) is 3.11. The predicted molar refractivity (Wildman–Crippen MR) is 70.6 cm³/mol. The van der Waals surface area contributed by atoms with E-state index in [-0.39, 0.29) is 24.3 Å². The maximum atomic E-state index is 12.0. The molecule has 5 nitrogen and oxygen atoms in total. The molecule has 0 saturated heterocycles. The number of amides is 2. The third kappa shape index (κ3) is 5.49. The van der Waals surface area contributed by atoms with Crippen LogP contribution in [0.4, 0.5) is 0 Å². The lowest BCUT2D eigenvalue weighted by Gasteiger charge is -2.25. The first-order valence-electron chi connectivity index (χ1n) is 6.33. The van der Waals surface area contributed by atoms with E-state index < -0.39 is 17.4 Å². The molecule has 0 spiro atoms. The summed E-state index contributed by atoms with van der Waals surface area (Å²) < 4.78 is 0. The molecule has 106 valence electrons. The summed E-state index contributed by atoms with van der Waals surface area (Å²) in [6.45, 7) is 9.13. The van der Waals surface area contributed by atoms with Crippen LogP contribution >= 0.6 is 0 Å². The van der Waals surface area contributed by atoms with Crippen molar-refractivity contribution in [1.29, 1.82) is 0 Å². The van der Waals surface area contributed by atoms with Gasteiger partial charge in [0.15, 0.2) is 0 Å². The number of hydrogen-bond acceptors (Lipinski definition) is 3. The fourth-order valence-corrected chi connectivity index (χ4v) is 1.58. The second kappa shape index (κ2) is 6.73. The SMILES string of the molecule is CC(O)CC(C(=O)NCC(C)(C)C(N)=O)C(C)C. The standard InChI is InChI=1S/C13H26N2O3/c1-8(2)10(6-9(3)16)11(17)15-7-13(4,5)12(14)18/h8-10,16H,6-7H2,1-5H3,(H2,14,18)(H,15,17). The molecular weight excluding hydrogens is 232 g/mol. The Morgan fingerprint density at radius 1 is 1.28 bits per heavy atom. The lowest BCUT2D eigenvalue weighted by Crippen LogP contribution is -2.45. The fraction of sp³-hybridized carbons (Fsp3) is 0.846. The zero-order valence-electron chi connectivity index (χ0n) is 12.0. The number of carbonyl (C=O) groups is 2. The summed E-state index contributed by atoms with van der Waals surface area (Å²) in [5.41, 5.74) is 4.48. The van der Waals surface area contributed by atoms with E-state index in [1.807, 2.05) is 13.8 Å². The summed E-state index contributed by atoms with van der Waals surface area (Å²) in [6, 6.07) is 0. The van der Waals surface area contributed by atoms with Gasteiger partial charge >= 0.3 is 0 Å². The highest BCUT2D eigenvalue weighted by Gasteiger charge is 2.28. The van der Waals surface area contributed by atoms with Crippen molar-refractivity contribution >= 4 is 11.8 Å². The van der Waals surface area contributed by atoms with Crippen molar-refractivity contribution in [3.63, 3.8) is 0 Å². The van der Waals surface area contributed by atoms with Gasteiger partial charge in [0, 0.05) is 12.5 Å². The quantitative estimate of drug-likeness (QED) is 0.626. The summed E-state index contributed by atoms with van der Waals surface area (Å²) in [5, 5.41) is 12.1. The van der Waals surface area contributed by atoms with Crippen molar-refractivity contribution in [3.8, 4) is 0 Å². The van der Waals surface area contributed by atoms with Gasteiger partial charge < -0.3 is 16.2 Å².